The number of aldehydes is 1. The van der Waals surface area contributed by atoms with Crippen LogP contribution in [0.1, 0.15) is 79.4 Å². The minimum absolute atomic E-state index is 0.0150. The summed E-state index contributed by atoms with van der Waals surface area (Å²) in [5.74, 6) is -4.42. The van der Waals surface area contributed by atoms with Gasteiger partial charge in [-0.3, -0.25) is 53.1 Å². The number of pyridine rings is 3. The zero-order chi connectivity index (χ0) is 67.4. The van der Waals surface area contributed by atoms with Gasteiger partial charge in [0.05, 0.1) is 35.0 Å². The van der Waals surface area contributed by atoms with Crippen molar-refractivity contribution in [3.8, 4) is 17.2 Å². The van der Waals surface area contributed by atoms with Gasteiger partial charge in [0, 0.05) is 39.8 Å². The molecule has 5 amide bonds. The summed E-state index contributed by atoms with van der Waals surface area (Å²) in [7, 11) is 6.67. The third kappa shape index (κ3) is 19.3. The van der Waals surface area contributed by atoms with Crippen molar-refractivity contribution >= 4 is 35.8 Å². The Balaban J connectivity index is 1.18. The van der Waals surface area contributed by atoms with E-state index in [-0.39, 0.29) is 131 Å². The number of rotatable bonds is 37. The zero-order valence-electron chi connectivity index (χ0n) is 52.7. The average molecular weight is 1290 g/mol. The first kappa shape index (κ1) is 70.1. The summed E-state index contributed by atoms with van der Waals surface area (Å²) in [5, 5.41) is 6.83. The minimum Gasteiger partial charge on any atom is -0.493 e. The van der Waals surface area contributed by atoms with E-state index < -0.39 is 52.3 Å². The minimum atomic E-state index is -1.47. The standard InChI is InChI=1S/C68H75N9O17/c1-72(91-44-48-21-10-6-11-22-48)54(31-30-52(43-78)87-2)62(80)70-38-19-41-73(64(82)56-33-36-59(89-4)67(85)76(56)93-46-50-25-14-8-15-26-50)40-18-29-53(61(69)79)74(65(83)57-34-37-60(90-5)68(86)77(57)94-47-51-27-16-9-17-28-51)42-20-39-71-63(81)55-32-35-58(88-3)66(84)75(55)92-45-49-23-12-7-13-24-49/h6-17,21-28,30-37,43,53H,18-20,29,38-42,44-47H2,1-5H3,(H2,69,79)(H,70,80)(H,71,81)/b52-30+,54-31-. The topological polar surface area (TPSA) is 302 Å². The fourth-order valence-corrected chi connectivity index (χ4v) is 9.49. The Bertz CT molecular complexity index is 3940. The van der Waals surface area contributed by atoms with Crippen molar-refractivity contribution in [3.63, 3.8) is 0 Å². The number of hydrogen-bond donors (Lipinski definition) is 3. The number of ether oxygens (including phenoxy) is 4. The molecule has 26 heteroatoms. The monoisotopic (exact) mass is 1290 g/mol. The molecular formula is C68H75N9O17. The van der Waals surface area contributed by atoms with E-state index in [2.05, 4.69) is 10.6 Å². The molecule has 94 heavy (non-hydrogen) atoms. The molecule has 0 aliphatic heterocycles. The molecule has 4 aromatic carbocycles. The number of amides is 5. The molecule has 0 radical (unpaired) electrons. The first-order valence-corrected chi connectivity index (χ1v) is 29.8. The van der Waals surface area contributed by atoms with E-state index in [9.17, 15) is 33.6 Å². The largest absolute Gasteiger partial charge is 0.493 e. The van der Waals surface area contributed by atoms with Crippen LogP contribution in [0.25, 0.3) is 0 Å². The lowest BCUT2D eigenvalue weighted by atomic mass is 10.1. The highest BCUT2D eigenvalue weighted by atomic mass is 16.7. The number of primary amides is 1. The number of allylic oxidation sites excluding steroid dienone is 3. The number of likely N-dealkylation sites (N-methyl/N-ethyl adjacent to an activating group) is 1. The SMILES string of the molecule is CO/C(C=O)=C/C=C(/C(=O)NCCCN(CCCC(C(N)=O)N(CCCNC(=O)c1ccc(OC)c(=O)n1OCc1ccccc1)C(=O)c1ccc(OC)c(=O)n1OCc1ccccc1)C(=O)c1ccc(OC)c(=O)n1OCc1ccccc1)N(C)OCc1ccccc1. The van der Waals surface area contributed by atoms with Crippen molar-refractivity contribution in [2.45, 2.75) is 58.2 Å². The van der Waals surface area contributed by atoms with Crippen LogP contribution in [-0.4, -0.2) is 139 Å². The lowest BCUT2D eigenvalue weighted by Gasteiger charge is -2.31. The van der Waals surface area contributed by atoms with Crippen LogP contribution >= 0.6 is 0 Å². The normalized spacial score (nSPS) is 11.5. The number of nitrogens with two attached hydrogens (primary N) is 1. The third-order valence-electron chi connectivity index (χ3n) is 14.5. The predicted octanol–water partition coefficient (Wildman–Crippen LogP) is 4.31. The van der Waals surface area contributed by atoms with E-state index >= 15 is 9.59 Å². The van der Waals surface area contributed by atoms with Gasteiger partial charge in [-0.05, 0) is 96.5 Å². The number of aromatic nitrogens is 3. The molecule has 0 spiro atoms. The summed E-state index contributed by atoms with van der Waals surface area (Å²) in [6, 6.07) is 42.3. The number of nitrogens with one attached hydrogen (secondary N) is 2. The summed E-state index contributed by atoms with van der Waals surface area (Å²) in [4.78, 5) is 152. The fraction of sp³-hybridized carbons (Fsp3) is 0.279. The number of methoxy groups -OCH3 is 4. The van der Waals surface area contributed by atoms with Crippen LogP contribution in [0.3, 0.4) is 0 Å². The van der Waals surface area contributed by atoms with Gasteiger partial charge in [-0.15, -0.1) is 14.2 Å². The molecule has 7 rings (SSSR count). The maximum absolute atomic E-state index is 15.2. The van der Waals surface area contributed by atoms with E-state index in [1.54, 1.807) is 84.9 Å². The molecule has 1 unspecified atom stereocenters. The Hall–Kier alpha value is -11.4. The van der Waals surface area contributed by atoms with E-state index in [1.165, 1.54) is 94.0 Å². The molecule has 26 nitrogen and oxygen atoms in total. The van der Waals surface area contributed by atoms with Crippen molar-refractivity contribution in [1.29, 1.82) is 0 Å². The van der Waals surface area contributed by atoms with E-state index in [1.807, 2.05) is 36.4 Å². The summed E-state index contributed by atoms with van der Waals surface area (Å²) >= 11 is 0. The van der Waals surface area contributed by atoms with Crippen LogP contribution in [-0.2, 0) is 50.4 Å². The van der Waals surface area contributed by atoms with Crippen LogP contribution in [0.2, 0.25) is 0 Å². The third-order valence-corrected chi connectivity index (χ3v) is 14.5. The van der Waals surface area contributed by atoms with Gasteiger partial charge in [0.25, 0.3) is 23.6 Å². The summed E-state index contributed by atoms with van der Waals surface area (Å²) in [5.41, 5.74) is 5.97. The molecule has 0 aliphatic carbocycles. The summed E-state index contributed by atoms with van der Waals surface area (Å²) in [6.45, 7) is -1.03. The van der Waals surface area contributed by atoms with Crippen LogP contribution < -0.4 is 61.8 Å². The lowest BCUT2D eigenvalue weighted by Crippen LogP contribution is -2.50. The Morgan fingerprint density at radius 1 is 0.511 bits per heavy atom. The number of carbonyl (C=O) groups excluding carboxylic acids is 6. The summed E-state index contributed by atoms with van der Waals surface area (Å²) in [6.07, 6.45) is 2.91. The van der Waals surface area contributed by atoms with E-state index in [0.717, 1.165) is 24.7 Å². The maximum Gasteiger partial charge on any atom is 0.325 e. The molecule has 494 valence electrons. The Kier molecular flexibility index (Phi) is 26.7. The molecule has 0 aliphatic rings. The second kappa shape index (κ2) is 35.8. The van der Waals surface area contributed by atoms with Crippen LogP contribution in [0, 0.1) is 0 Å². The second-order valence-electron chi connectivity index (χ2n) is 20.7. The highest BCUT2D eigenvalue weighted by Gasteiger charge is 2.33. The molecule has 7 aromatic rings. The second-order valence-corrected chi connectivity index (χ2v) is 20.7. The first-order chi connectivity index (χ1) is 45.6. The quantitative estimate of drug-likeness (QED) is 0.0122. The molecule has 0 saturated carbocycles. The van der Waals surface area contributed by atoms with E-state index in [4.69, 9.17) is 44.0 Å². The number of carbonyl (C=O) groups is 6. The molecular weight excluding hydrogens is 1210 g/mol. The molecule has 1 atom stereocenters. The van der Waals surface area contributed by atoms with Crippen LogP contribution in [0.15, 0.2) is 196 Å². The van der Waals surface area contributed by atoms with Gasteiger partial charge in [-0.25, -0.2) is 0 Å². The molecule has 0 bridgehead atoms. The van der Waals surface area contributed by atoms with E-state index in [0.29, 0.717) is 23.0 Å². The average Bonchev–Trinajstić information content (AvgIpc) is 0.834. The highest BCUT2D eigenvalue weighted by molar-refractivity contribution is 5.96. The number of hydroxylamine groups is 2. The Morgan fingerprint density at radius 2 is 0.926 bits per heavy atom. The van der Waals surface area contributed by atoms with Gasteiger partial charge in [0.2, 0.25) is 5.91 Å². The smallest absolute Gasteiger partial charge is 0.325 e. The Morgan fingerprint density at radius 3 is 1.37 bits per heavy atom. The Labute approximate surface area is 541 Å². The lowest BCUT2D eigenvalue weighted by molar-refractivity contribution is -0.142. The fourth-order valence-electron chi connectivity index (χ4n) is 9.49. The van der Waals surface area contributed by atoms with Crippen molar-refractivity contribution in [3.05, 3.63) is 252 Å². The molecule has 0 saturated heterocycles. The number of hydrogen-bond acceptors (Lipinski definition) is 18. The number of nitrogens with zero attached hydrogens (tertiary/aromatic N) is 6. The first-order valence-electron chi connectivity index (χ1n) is 29.8. The number of benzene rings is 4. The van der Waals surface area contributed by atoms with Crippen molar-refractivity contribution in [2.75, 3.05) is 68.2 Å². The van der Waals surface area contributed by atoms with Crippen molar-refractivity contribution in [1.82, 2.24) is 39.7 Å². The highest BCUT2D eigenvalue weighted by Crippen LogP contribution is 2.19. The molecule has 0 fully saturated rings. The van der Waals surface area contributed by atoms with Crippen molar-refractivity contribution < 1.29 is 67.1 Å². The van der Waals surface area contributed by atoms with Gasteiger partial charge >= 0.3 is 16.7 Å². The van der Waals surface area contributed by atoms with Gasteiger partial charge in [0.15, 0.2) is 29.3 Å². The van der Waals surface area contributed by atoms with Gasteiger partial charge in [0.1, 0.15) is 48.6 Å². The van der Waals surface area contributed by atoms with Crippen molar-refractivity contribution in [2.24, 2.45) is 5.73 Å². The van der Waals surface area contributed by atoms with Crippen LogP contribution in [0.4, 0.5) is 0 Å². The van der Waals surface area contributed by atoms with Gasteiger partial charge < -0.3 is 59.6 Å². The van der Waals surface area contributed by atoms with Crippen LogP contribution in [0.5, 0.6) is 17.2 Å². The molecule has 3 heterocycles. The zero-order valence-corrected chi connectivity index (χ0v) is 52.7. The molecule has 3 aromatic heterocycles. The van der Waals surface area contributed by atoms with Gasteiger partial charge in [-0.2, -0.15) is 0 Å². The van der Waals surface area contributed by atoms with Gasteiger partial charge in [-0.1, -0.05) is 121 Å². The predicted molar refractivity (Wildman–Crippen MR) is 344 cm³/mol. The maximum atomic E-state index is 15.2. The summed E-state index contributed by atoms with van der Waals surface area (Å²) < 4.78 is 23.4. The molecule has 4 N–H and O–H groups in total.